The van der Waals surface area contributed by atoms with Gasteiger partial charge in [0, 0.05) is 19.0 Å². The van der Waals surface area contributed by atoms with Crippen molar-refractivity contribution in [1.82, 2.24) is 4.57 Å². The Labute approximate surface area is 163 Å². The lowest BCUT2D eigenvalue weighted by Crippen LogP contribution is -2.29. The van der Waals surface area contributed by atoms with Crippen LogP contribution in [0.15, 0.2) is 77.7 Å². The van der Waals surface area contributed by atoms with Crippen LogP contribution in [-0.2, 0) is 11.3 Å². The van der Waals surface area contributed by atoms with Gasteiger partial charge in [0.05, 0.1) is 13.2 Å². The van der Waals surface area contributed by atoms with Gasteiger partial charge in [-0.25, -0.2) is 0 Å². The Morgan fingerprint density at radius 3 is 2.43 bits per heavy atom. The molecule has 0 unspecified atom stereocenters. The van der Waals surface area contributed by atoms with Gasteiger partial charge in [-0.2, -0.15) is 0 Å². The van der Waals surface area contributed by atoms with Gasteiger partial charge in [-0.3, -0.25) is 9.59 Å². The van der Waals surface area contributed by atoms with Crippen molar-refractivity contribution in [2.24, 2.45) is 0 Å². The van der Waals surface area contributed by atoms with Gasteiger partial charge in [-0.1, -0.05) is 30.3 Å². The smallest absolute Gasteiger partial charge is 0.263 e. The fraction of sp³-hybridized carbons (Fsp3) is 0.182. The van der Waals surface area contributed by atoms with E-state index in [4.69, 9.17) is 9.47 Å². The van der Waals surface area contributed by atoms with Crippen LogP contribution in [0.2, 0.25) is 0 Å². The Kier molecular flexibility index (Phi) is 6.59. The molecular weight excluding hydrogens is 356 g/mol. The number of aromatic nitrogens is 1. The van der Waals surface area contributed by atoms with Crippen LogP contribution >= 0.6 is 0 Å². The van der Waals surface area contributed by atoms with E-state index in [1.807, 2.05) is 30.3 Å². The lowest BCUT2D eigenvalue weighted by molar-refractivity contribution is 0.102. The van der Waals surface area contributed by atoms with Crippen LogP contribution in [0.1, 0.15) is 15.9 Å². The number of ether oxygens (including phenoxy) is 2. The van der Waals surface area contributed by atoms with E-state index in [1.54, 1.807) is 43.6 Å². The second kappa shape index (κ2) is 9.53. The van der Waals surface area contributed by atoms with Crippen molar-refractivity contribution in [2.75, 3.05) is 25.6 Å². The average Bonchev–Trinajstić information content (AvgIpc) is 2.72. The molecular formula is C22H22N2O4. The van der Waals surface area contributed by atoms with Gasteiger partial charge in [0.15, 0.2) is 0 Å². The van der Waals surface area contributed by atoms with E-state index < -0.39 is 5.91 Å². The van der Waals surface area contributed by atoms with Crippen molar-refractivity contribution in [1.29, 1.82) is 0 Å². The number of carbonyl (C=O) groups is 1. The molecule has 0 aliphatic rings. The maximum absolute atomic E-state index is 12.7. The number of nitrogens with zero attached hydrogens (tertiary/aromatic N) is 1. The van der Waals surface area contributed by atoms with E-state index >= 15 is 0 Å². The zero-order valence-corrected chi connectivity index (χ0v) is 15.6. The lowest BCUT2D eigenvalue weighted by atomic mass is 10.2. The average molecular weight is 378 g/mol. The summed E-state index contributed by atoms with van der Waals surface area (Å²) in [5.41, 5.74) is 1.34. The number of amides is 1. The molecule has 6 heteroatoms. The maximum Gasteiger partial charge on any atom is 0.263 e. The molecule has 1 heterocycles. The molecule has 3 aromatic rings. The second-order valence-electron chi connectivity index (χ2n) is 6.16. The molecule has 0 aliphatic heterocycles. The van der Waals surface area contributed by atoms with Gasteiger partial charge in [0.2, 0.25) is 0 Å². The number of methoxy groups -OCH3 is 1. The van der Waals surface area contributed by atoms with Crippen molar-refractivity contribution >= 4 is 11.6 Å². The van der Waals surface area contributed by atoms with Crippen LogP contribution in [0.3, 0.4) is 0 Å². The van der Waals surface area contributed by atoms with Gasteiger partial charge in [-0.15, -0.1) is 0 Å². The normalized spacial score (nSPS) is 10.5. The van der Waals surface area contributed by atoms with Crippen LogP contribution in [0.4, 0.5) is 5.69 Å². The topological polar surface area (TPSA) is 69.6 Å². The summed E-state index contributed by atoms with van der Waals surface area (Å²) < 4.78 is 11.9. The molecule has 28 heavy (non-hydrogen) atoms. The van der Waals surface area contributed by atoms with Crippen molar-refractivity contribution in [3.8, 4) is 5.75 Å². The van der Waals surface area contributed by atoms with E-state index in [2.05, 4.69) is 5.32 Å². The van der Waals surface area contributed by atoms with Crippen molar-refractivity contribution in [2.45, 2.75) is 6.54 Å². The molecule has 3 rings (SSSR count). The Balaban J connectivity index is 1.69. The summed E-state index contributed by atoms with van der Waals surface area (Å²) in [5, 5.41) is 2.75. The minimum Gasteiger partial charge on any atom is -0.491 e. The molecule has 0 saturated carbocycles. The first-order valence-electron chi connectivity index (χ1n) is 8.94. The zero-order valence-electron chi connectivity index (χ0n) is 15.6. The fourth-order valence-corrected chi connectivity index (χ4v) is 2.69. The minimum absolute atomic E-state index is 0.0962. The summed E-state index contributed by atoms with van der Waals surface area (Å²) in [5.74, 6) is 0.237. The number of hydrogen-bond donors (Lipinski definition) is 1. The quantitative estimate of drug-likeness (QED) is 0.611. The highest BCUT2D eigenvalue weighted by molar-refractivity contribution is 6.04. The number of hydrogen-bond acceptors (Lipinski definition) is 4. The molecule has 0 spiro atoms. The molecule has 1 aromatic heterocycles. The van der Waals surface area contributed by atoms with Gasteiger partial charge in [0.25, 0.3) is 11.5 Å². The zero-order chi connectivity index (χ0) is 19.8. The number of rotatable bonds is 8. The van der Waals surface area contributed by atoms with Crippen LogP contribution in [0.5, 0.6) is 5.75 Å². The lowest BCUT2D eigenvalue weighted by Gasteiger charge is -2.10. The van der Waals surface area contributed by atoms with Crippen molar-refractivity contribution in [3.05, 3.63) is 94.4 Å². The molecule has 0 atom stereocenters. The Morgan fingerprint density at radius 1 is 0.964 bits per heavy atom. The summed E-state index contributed by atoms with van der Waals surface area (Å²) in [6.07, 6.45) is 1.68. The highest BCUT2D eigenvalue weighted by Gasteiger charge is 2.12. The molecule has 0 saturated heterocycles. The summed E-state index contributed by atoms with van der Waals surface area (Å²) in [6, 6.07) is 19.8. The number of nitrogens with one attached hydrogen (secondary N) is 1. The molecule has 1 amide bonds. The van der Waals surface area contributed by atoms with Crippen molar-refractivity contribution < 1.29 is 14.3 Å². The molecule has 0 bridgehead atoms. The molecule has 1 N–H and O–H groups in total. The Bertz CT molecular complexity index is 966. The Hall–Kier alpha value is -3.38. The third-order valence-electron chi connectivity index (χ3n) is 4.13. The molecule has 0 aliphatic carbocycles. The minimum atomic E-state index is -0.444. The third-order valence-corrected chi connectivity index (χ3v) is 4.13. The predicted molar refractivity (Wildman–Crippen MR) is 108 cm³/mol. The number of carbonyl (C=O) groups excluding carboxylic acids is 1. The van der Waals surface area contributed by atoms with Gasteiger partial charge < -0.3 is 19.4 Å². The number of pyridine rings is 1. The number of anilines is 1. The van der Waals surface area contributed by atoms with E-state index in [1.165, 1.54) is 10.6 Å². The first-order valence-corrected chi connectivity index (χ1v) is 8.94. The van der Waals surface area contributed by atoms with Crippen LogP contribution in [0, 0.1) is 0 Å². The second-order valence-corrected chi connectivity index (χ2v) is 6.16. The summed E-state index contributed by atoms with van der Waals surface area (Å²) in [6.45, 7) is 1.36. The van der Waals surface area contributed by atoms with E-state index in [9.17, 15) is 9.59 Å². The van der Waals surface area contributed by atoms with Crippen molar-refractivity contribution in [3.63, 3.8) is 0 Å². The third kappa shape index (κ3) is 5.08. The SMILES string of the molecule is COCCOc1ccc(NC(=O)c2cccn(Cc3ccccc3)c2=O)cc1. The first kappa shape index (κ1) is 19.4. The molecule has 6 nitrogen and oxygen atoms in total. The first-order chi connectivity index (χ1) is 13.7. The fourth-order valence-electron chi connectivity index (χ4n) is 2.69. The molecule has 0 radical (unpaired) electrons. The summed E-state index contributed by atoms with van der Waals surface area (Å²) in [7, 11) is 1.61. The molecule has 144 valence electrons. The maximum atomic E-state index is 12.7. The number of benzene rings is 2. The monoisotopic (exact) mass is 378 g/mol. The van der Waals surface area contributed by atoms with Gasteiger partial charge >= 0.3 is 0 Å². The summed E-state index contributed by atoms with van der Waals surface area (Å²) in [4.78, 5) is 25.2. The highest BCUT2D eigenvalue weighted by Crippen LogP contribution is 2.16. The molecule has 2 aromatic carbocycles. The van der Waals surface area contributed by atoms with E-state index in [0.29, 0.717) is 31.2 Å². The van der Waals surface area contributed by atoms with Crippen LogP contribution in [-0.4, -0.2) is 30.8 Å². The summed E-state index contributed by atoms with van der Waals surface area (Å²) >= 11 is 0. The largest absolute Gasteiger partial charge is 0.491 e. The van der Waals surface area contributed by atoms with E-state index in [-0.39, 0.29) is 11.1 Å². The van der Waals surface area contributed by atoms with Crippen LogP contribution < -0.4 is 15.6 Å². The highest BCUT2D eigenvalue weighted by atomic mass is 16.5. The van der Waals surface area contributed by atoms with E-state index in [0.717, 1.165) is 5.56 Å². The predicted octanol–water partition coefficient (Wildman–Crippen LogP) is 3.17. The van der Waals surface area contributed by atoms with Gasteiger partial charge in [0.1, 0.15) is 17.9 Å². The molecule has 0 fully saturated rings. The van der Waals surface area contributed by atoms with Crippen LogP contribution in [0.25, 0.3) is 0 Å². The van der Waals surface area contributed by atoms with Gasteiger partial charge in [-0.05, 0) is 42.0 Å². The Morgan fingerprint density at radius 2 is 1.71 bits per heavy atom. The standard InChI is InChI=1S/C22H22N2O4/c1-27-14-15-28-19-11-9-18(10-12-19)23-21(25)20-8-5-13-24(22(20)26)16-17-6-3-2-4-7-17/h2-13H,14-16H2,1H3,(H,23,25).